The number of aryl methyl sites for hydroxylation is 1. The van der Waals surface area contributed by atoms with Gasteiger partial charge in [0.2, 0.25) is 11.8 Å². The fraction of sp³-hybridized carbons (Fsp3) is 0.217. The van der Waals surface area contributed by atoms with Gasteiger partial charge in [-0.05, 0) is 36.8 Å². The molecule has 0 fully saturated rings. The van der Waals surface area contributed by atoms with E-state index in [-0.39, 0.29) is 12.3 Å². The zero-order chi connectivity index (χ0) is 22.3. The molecule has 0 unspecified atom stereocenters. The van der Waals surface area contributed by atoms with E-state index >= 15 is 0 Å². The fourth-order valence-corrected chi connectivity index (χ4v) is 4.47. The summed E-state index contributed by atoms with van der Waals surface area (Å²) in [5.41, 5.74) is 3.89. The minimum atomic E-state index is -0.0810. The predicted molar refractivity (Wildman–Crippen MR) is 125 cm³/mol. The van der Waals surface area contributed by atoms with E-state index in [2.05, 4.69) is 20.5 Å². The van der Waals surface area contributed by atoms with Gasteiger partial charge >= 0.3 is 0 Å². The molecule has 0 bridgehead atoms. The molecule has 1 amide bonds. The van der Waals surface area contributed by atoms with Crippen LogP contribution < -0.4 is 10.1 Å². The van der Waals surface area contributed by atoms with E-state index in [1.54, 1.807) is 7.11 Å². The zero-order valence-corrected chi connectivity index (χ0v) is 19.3. The highest BCUT2D eigenvalue weighted by molar-refractivity contribution is 7.98. The molecule has 164 valence electrons. The minimum Gasteiger partial charge on any atom is -0.497 e. The molecule has 7 nitrogen and oxygen atoms in total. The summed E-state index contributed by atoms with van der Waals surface area (Å²) in [7, 11) is 1.64. The molecule has 0 aliphatic heterocycles. The number of carbonyl (C=O) groups is 1. The maximum atomic E-state index is 12.3. The van der Waals surface area contributed by atoms with Crippen molar-refractivity contribution >= 4 is 34.7 Å². The Kier molecular flexibility index (Phi) is 7.18. The molecule has 4 rings (SSSR count). The van der Waals surface area contributed by atoms with Gasteiger partial charge in [0.25, 0.3) is 5.22 Å². The Morgan fingerprint density at radius 2 is 1.91 bits per heavy atom. The van der Waals surface area contributed by atoms with Crippen molar-refractivity contribution in [1.82, 2.24) is 15.2 Å². The highest BCUT2D eigenvalue weighted by Crippen LogP contribution is 2.24. The smallest absolute Gasteiger partial charge is 0.276 e. The quantitative estimate of drug-likeness (QED) is 0.351. The van der Waals surface area contributed by atoms with Crippen LogP contribution in [0.5, 0.6) is 5.75 Å². The van der Waals surface area contributed by atoms with Crippen LogP contribution in [0.2, 0.25) is 0 Å². The number of aromatic nitrogens is 3. The van der Waals surface area contributed by atoms with E-state index in [1.807, 2.05) is 60.8 Å². The van der Waals surface area contributed by atoms with Crippen LogP contribution in [0.1, 0.15) is 27.7 Å². The number of thiazole rings is 1. The van der Waals surface area contributed by atoms with Gasteiger partial charge in [0, 0.05) is 16.8 Å². The van der Waals surface area contributed by atoms with Crippen molar-refractivity contribution < 1.29 is 13.9 Å². The number of ether oxygens (including phenoxy) is 1. The summed E-state index contributed by atoms with van der Waals surface area (Å²) < 4.78 is 10.9. The molecule has 0 saturated heterocycles. The second-order valence-electron chi connectivity index (χ2n) is 7.10. The topological polar surface area (TPSA) is 90.1 Å². The molecule has 2 aromatic carbocycles. The minimum absolute atomic E-state index is 0.0810. The van der Waals surface area contributed by atoms with Crippen molar-refractivity contribution in [2.24, 2.45) is 0 Å². The summed E-state index contributed by atoms with van der Waals surface area (Å²) in [5.74, 6) is 1.89. The second kappa shape index (κ2) is 10.4. The Labute approximate surface area is 194 Å². The average molecular weight is 467 g/mol. The largest absolute Gasteiger partial charge is 0.497 e. The summed E-state index contributed by atoms with van der Waals surface area (Å²) >= 11 is 2.90. The van der Waals surface area contributed by atoms with Gasteiger partial charge < -0.3 is 14.5 Å². The van der Waals surface area contributed by atoms with Gasteiger partial charge in [0.15, 0.2) is 0 Å². The molecular weight excluding hydrogens is 444 g/mol. The van der Waals surface area contributed by atoms with E-state index in [9.17, 15) is 4.79 Å². The van der Waals surface area contributed by atoms with Crippen molar-refractivity contribution in [1.29, 1.82) is 0 Å². The van der Waals surface area contributed by atoms with Crippen molar-refractivity contribution in [3.63, 3.8) is 0 Å². The molecular formula is C23H22N4O3S2. The third-order valence-electron chi connectivity index (χ3n) is 4.55. The zero-order valence-electron chi connectivity index (χ0n) is 17.7. The lowest BCUT2D eigenvalue weighted by molar-refractivity contribution is -0.115. The van der Waals surface area contributed by atoms with Gasteiger partial charge in [-0.1, -0.05) is 41.6 Å². The number of methoxy groups -OCH3 is 1. The highest BCUT2D eigenvalue weighted by Gasteiger charge is 2.12. The van der Waals surface area contributed by atoms with Gasteiger partial charge in [-0.2, -0.15) is 0 Å². The van der Waals surface area contributed by atoms with Crippen LogP contribution in [-0.4, -0.2) is 28.2 Å². The third-order valence-corrected chi connectivity index (χ3v) is 6.30. The van der Waals surface area contributed by atoms with Gasteiger partial charge in [0.1, 0.15) is 10.8 Å². The van der Waals surface area contributed by atoms with Crippen molar-refractivity contribution in [3.8, 4) is 5.75 Å². The summed E-state index contributed by atoms with van der Waals surface area (Å²) in [5, 5.41) is 14.3. The number of amides is 1. The first-order chi connectivity index (χ1) is 15.6. The summed E-state index contributed by atoms with van der Waals surface area (Å²) in [6.07, 6.45) is 0.810. The lowest BCUT2D eigenvalue weighted by atomic mass is 10.1. The molecule has 0 atom stereocenters. The number of hydrogen-bond donors (Lipinski definition) is 1. The summed E-state index contributed by atoms with van der Waals surface area (Å²) in [6.45, 7) is 2.01. The molecule has 32 heavy (non-hydrogen) atoms. The molecule has 0 radical (unpaired) electrons. The van der Waals surface area contributed by atoms with E-state index in [0.29, 0.717) is 23.3 Å². The maximum absolute atomic E-state index is 12.3. The van der Waals surface area contributed by atoms with Gasteiger partial charge in [0.05, 0.1) is 25.6 Å². The van der Waals surface area contributed by atoms with Crippen LogP contribution in [0.15, 0.2) is 63.6 Å². The van der Waals surface area contributed by atoms with E-state index in [0.717, 1.165) is 33.3 Å². The maximum Gasteiger partial charge on any atom is 0.276 e. The molecule has 4 aromatic rings. The number of nitrogens with zero attached hydrogens (tertiary/aromatic N) is 3. The Morgan fingerprint density at radius 3 is 2.66 bits per heavy atom. The van der Waals surface area contributed by atoms with Crippen LogP contribution in [0.25, 0.3) is 0 Å². The lowest BCUT2D eigenvalue weighted by Gasteiger charge is -2.04. The van der Waals surface area contributed by atoms with Crippen LogP contribution >= 0.6 is 23.1 Å². The Morgan fingerprint density at radius 1 is 1.12 bits per heavy atom. The van der Waals surface area contributed by atoms with E-state index < -0.39 is 0 Å². The monoisotopic (exact) mass is 466 g/mol. The number of hydrogen-bond acceptors (Lipinski definition) is 8. The van der Waals surface area contributed by atoms with Crippen LogP contribution in [0.4, 0.5) is 5.69 Å². The normalized spacial score (nSPS) is 10.8. The molecule has 2 heterocycles. The number of thioether (sulfide) groups is 1. The third kappa shape index (κ3) is 6.18. The van der Waals surface area contributed by atoms with Crippen molar-refractivity contribution in [2.45, 2.75) is 30.7 Å². The molecule has 0 aliphatic rings. The fourth-order valence-electron chi connectivity index (χ4n) is 2.90. The first-order valence-electron chi connectivity index (χ1n) is 9.95. The van der Waals surface area contributed by atoms with Crippen LogP contribution in [0.3, 0.4) is 0 Å². The van der Waals surface area contributed by atoms with Gasteiger partial charge in [-0.3, -0.25) is 4.79 Å². The van der Waals surface area contributed by atoms with Gasteiger partial charge in [-0.25, -0.2) is 4.98 Å². The van der Waals surface area contributed by atoms with Crippen LogP contribution in [-0.2, 0) is 23.4 Å². The Hall–Kier alpha value is -3.17. The number of rotatable bonds is 9. The first kappa shape index (κ1) is 22.0. The predicted octanol–water partition coefficient (Wildman–Crippen LogP) is 4.91. The number of anilines is 1. The van der Waals surface area contributed by atoms with Gasteiger partial charge in [-0.15, -0.1) is 21.5 Å². The second-order valence-corrected chi connectivity index (χ2v) is 8.97. The van der Waals surface area contributed by atoms with E-state index in [4.69, 9.17) is 9.15 Å². The molecule has 0 saturated carbocycles. The molecule has 9 heteroatoms. The molecule has 0 aliphatic carbocycles. The number of nitrogens with one attached hydrogen (secondary N) is 1. The Balaban J connectivity index is 1.26. The Bertz CT molecular complexity index is 1170. The average Bonchev–Trinajstić information content (AvgIpc) is 3.43. The number of benzene rings is 2. The summed E-state index contributed by atoms with van der Waals surface area (Å²) in [4.78, 5) is 16.8. The number of carbonyl (C=O) groups excluding carboxylic acids is 1. The highest BCUT2D eigenvalue weighted by atomic mass is 32.2. The molecule has 1 N–H and O–H groups in total. The van der Waals surface area contributed by atoms with Crippen LogP contribution in [0, 0.1) is 6.92 Å². The molecule has 2 aromatic heterocycles. The van der Waals surface area contributed by atoms with E-state index in [1.165, 1.54) is 23.1 Å². The lowest BCUT2D eigenvalue weighted by Crippen LogP contribution is -2.14. The van der Waals surface area contributed by atoms with Crippen molar-refractivity contribution in [2.75, 3.05) is 12.4 Å². The molecule has 0 spiro atoms. The van der Waals surface area contributed by atoms with Crippen molar-refractivity contribution in [3.05, 3.63) is 81.6 Å². The first-order valence-corrected chi connectivity index (χ1v) is 11.8. The SMILES string of the molecule is COc1ccc(Cc2nnc(SCc3csc(CC(=O)Nc4ccc(C)cc4)n3)o2)cc1. The standard InChI is InChI=1S/C23H22N4O3S2/c1-15-3-7-17(8-4-15)24-20(28)12-22-25-18(13-31-22)14-32-23-27-26-21(30-23)11-16-5-9-19(29-2)10-6-16/h3-10,13H,11-12,14H2,1-2H3,(H,24,28). The summed E-state index contributed by atoms with van der Waals surface area (Å²) in [6, 6.07) is 15.5.